The Morgan fingerprint density at radius 1 is 1.30 bits per heavy atom. The molecule has 1 aromatic rings. The first kappa shape index (κ1) is 17.1. The summed E-state index contributed by atoms with van der Waals surface area (Å²) in [5, 5.41) is 11.2. The van der Waals surface area contributed by atoms with Crippen molar-refractivity contribution >= 4 is 41.0 Å². The van der Waals surface area contributed by atoms with Crippen molar-refractivity contribution in [1.29, 1.82) is 0 Å². The van der Waals surface area contributed by atoms with Crippen LogP contribution < -0.4 is 5.32 Å². The Hall–Kier alpha value is -2.25. The number of halogens is 2. The monoisotopic (exact) mass is 359 g/mol. The Kier molecular flexibility index (Phi) is 4.53. The van der Waals surface area contributed by atoms with E-state index < -0.39 is 35.1 Å². The molecule has 0 saturated carbocycles. The summed E-state index contributed by atoms with van der Waals surface area (Å²) >= 11 is 11.8. The first-order valence-electron chi connectivity index (χ1n) is 6.27. The van der Waals surface area contributed by atoms with E-state index in [1.165, 1.54) is 25.1 Å². The first-order chi connectivity index (χ1) is 10.6. The Balaban J connectivity index is 2.46. The number of esters is 1. The van der Waals surface area contributed by atoms with E-state index in [1.807, 2.05) is 5.32 Å². The predicted molar refractivity (Wildman–Crippen MR) is 79.9 cm³/mol. The summed E-state index contributed by atoms with van der Waals surface area (Å²) in [5.74, 6) is -2.50. The molecular formula is C14H11Cl2NO6. The van der Waals surface area contributed by atoms with Gasteiger partial charge in [0.2, 0.25) is 11.6 Å². The minimum Gasteiger partial charge on any atom is -0.465 e. The molecule has 0 bridgehead atoms. The molecule has 2 N–H and O–H groups in total. The van der Waals surface area contributed by atoms with Crippen LogP contribution in [0.4, 0.5) is 4.79 Å². The summed E-state index contributed by atoms with van der Waals surface area (Å²) < 4.78 is 10.2. The zero-order valence-corrected chi connectivity index (χ0v) is 13.5. The van der Waals surface area contributed by atoms with E-state index in [9.17, 15) is 14.4 Å². The van der Waals surface area contributed by atoms with Crippen LogP contribution in [-0.2, 0) is 24.7 Å². The Morgan fingerprint density at radius 2 is 1.96 bits per heavy atom. The van der Waals surface area contributed by atoms with Crippen molar-refractivity contribution in [3.8, 4) is 0 Å². The molecule has 1 aromatic carbocycles. The molecule has 7 nitrogen and oxygen atoms in total. The van der Waals surface area contributed by atoms with Crippen LogP contribution in [0.5, 0.6) is 0 Å². The zero-order valence-electron chi connectivity index (χ0n) is 12.0. The van der Waals surface area contributed by atoms with Crippen LogP contribution >= 0.6 is 23.2 Å². The summed E-state index contributed by atoms with van der Waals surface area (Å²) in [6.07, 6.45) is -1.48. The van der Waals surface area contributed by atoms with Crippen molar-refractivity contribution in [3.63, 3.8) is 0 Å². The molecule has 0 aromatic heterocycles. The summed E-state index contributed by atoms with van der Waals surface area (Å²) in [4.78, 5) is 34.6. The number of amides is 1. The minimum atomic E-state index is -1.61. The molecule has 0 saturated heterocycles. The van der Waals surface area contributed by atoms with Gasteiger partial charge in [-0.05, 0) is 19.1 Å². The van der Waals surface area contributed by atoms with Crippen molar-refractivity contribution in [2.45, 2.75) is 19.4 Å². The van der Waals surface area contributed by atoms with E-state index in [0.29, 0.717) is 5.56 Å². The van der Waals surface area contributed by atoms with Crippen molar-refractivity contribution in [3.05, 3.63) is 45.5 Å². The molecule has 23 heavy (non-hydrogen) atoms. The van der Waals surface area contributed by atoms with Gasteiger partial charge in [-0.2, -0.15) is 0 Å². The number of Topliss-reactive ketones (excluding diaryl/α,β-unsaturated/α-hetero) is 1. The topological polar surface area (TPSA) is 102 Å². The van der Waals surface area contributed by atoms with Crippen molar-refractivity contribution in [2.75, 3.05) is 0 Å². The second kappa shape index (κ2) is 6.10. The third kappa shape index (κ3) is 3.25. The number of carbonyl (C=O) groups is 3. The maximum atomic E-state index is 12.6. The molecule has 0 spiro atoms. The fourth-order valence-corrected chi connectivity index (χ4v) is 2.31. The summed E-state index contributed by atoms with van der Waals surface area (Å²) in [7, 11) is 0. The average Bonchev–Trinajstić information content (AvgIpc) is 2.66. The molecule has 1 aliphatic rings. The number of ketones is 1. The van der Waals surface area contributed by atoms with E-state index in [-0.39, 0.29) is 10.0 Å². The van der Waals surface area contributed by atoms with Gasteiger partial charge in [0.15, 0.2) is 5.60 Å². The Labute approximate surface area is 140 Å². The van der Waals surface area contributed by atoms with Crippen LogP contribution in [0.3, 0.4) is 0 Å². The highest BCUT2D eigenvalue weighted by molar-refractivity contribution is 6.42. The van der Waals surface area contributed by atoms with Gasteiger partial charge in [0.1, 0.15) is 0 Å². The van der Waals surface area contributed by atoms with E-state index >= 15 is 0 Å². The van der Waals surface area contributed by atoms with Crippen LogP contribution in [0.15, 0.2) is 29.8 Å². The van der Waals surface area contributed by atoms with Gasteiger partial charge in [0, 0.05) is 12.5 Å². The normalized spacial score (nSPS) is 20.3. The van der Waals surface area contributed by atoms with E-state index in [4.69, 9.17) is 37.8 Å². The van der Waals surface area contributed by atoms with Crippen LogP contribution in [0.25, 0.3) is 0 Å². The molecule has 1 heterocycles. The van der Waals surface area contributed by atoms with Crippen LogP contribution in [0.1, 0.15) is 19.4 Å². The van der Waals surface area contributed by atoms with Gasteiger partial charge in [0.25, 0.3) is 5.78 Å². The lowest BCUT2D eigenvalue weighted by Crippen LogP contribution is -2.32. The molecule has 0 aliphatic carbocycles. The van der Waals surface area contributed by atoms with E-state index in [2.05, 4.69) is 0 Å². The number of carboxylic acid groups (broad SMARTS) is 1. The molecule has 1 aliphatic heterocycles. The highest BCUT2D eigenvalue weighted by Crippen LogP contribution is 2.40. The van der Waals surface area contributed by atoms with Gasteiger partial charge in [-0.3, -0.25) is 14.9 Å². The predicted octanol–water partition coefficient (Wildman–Crippen LogP) is 2.81. The number of hydrogen-bond donors (Lipinski definition) is 2. The quantitative estimate of drug-likeness (QED) is 0.804. The standard InChI is InChI=1S/C14H11Cl2NO6/c1-6(18)22-10-11(19)14(2,23-12(10)17-13(20)21)7-3-4-8(15)9(16)5-7/h3-5,17H,1-2H3,(H,20,21). The van der Waals surface area contributed by atoms with Crippen molar-refractivity contribution in [2.24, 2.45) is 0 Å². The Morgan fingerprint density at radius 3 is 2.48 bits per heavy atom. The largest absolute Gasteiger partial charge is 0.465 e. The molecule has 1 atom stereocenters. The molecule has 122 valence electrons. The van der Waals surface area contributed by atoms with Crippen LogP contribution in [-0.4, -0.2) is 23.0 Å². The molecule has 1 amide bonds. The maximum absolute atomic E-state index is 12.6. The third-order valence-corrected chi connectivity index (χ3v) is 3.83. The fourth-order valence-electron chi connectivity index (χ4n) is 2.02. The summed E-state index contributed by atoms with van der Waals surface area (Å²) in [6.45, 7) is 2.47. The average molecular weight is 360 g/mol. The second-order valence-corrected chi connectivity index (χ2v) is 5.59. The highest BCUT2D eigenvalue weighted by Gasteiger charge is 2.50. The molecule has 0 radical (unpaired) electrons. The van der Waals surface area contributed by atoms with Crippen molar-refractivity contribution in [1.82, 2.24) is 5.32 Å². The first-order valence-corrected chi connectivity index (χ1v) is 7.02. The number of rotatable bonds is 3. The molecule has 0 fully saturated rings. The number of hydrogen-bond acceptors (Lipinski definition) is 5. The summed E-state index contributed by atoms with van der Waals surface area (Å²) in [6, 6.07) is 4.38. The van der Waals surface area contributed by atoms with Crippen molar-refractivity contribution < 1.29 is 29.0 Å². The van der Waals surface area contributed by atoms with Crippen LogP contribution in [0.2, 0.25) is 10.0 Å². The lowest BCUT2D eigenvalue weighted by molar-refractivity contribution is -0.142. The molecule has 2 rings (SSSR count). The third-order valence-electron chi connectivity index (χ3n) is 3.09. The fraction of sp³-hybridized carbons (Fsp3) is 0.214. The molecule has 1 unspecified atom stereocenters. The van der Waals surface area contributed by atoms with Gasteiger partial charge >= 0.3 is 12.1 Å². The number of carbonyl (C=O) groups excluding carboxylic acids is 2. The number of nitrogens with one attached hydrogen (secondary N) is 1. The highest BCUT2D eigenvalue weighted by atomic mass is 35.5. The van der Waals surface area contributed by atoms with Gasteiger partial charge in [-0.25, -0.2) is 4.79 Å². The number of benzene rings is 1. The smallest absolute Gasteiger partial charge is 0.411 e. The lowest BCUT2D eigenvalue weighted by atomic mass is 9.91. The van der Waals surface area contributed by atoms with Gasteiger partial charge in [-0.1, -0.05) is 29.3 Å². The second-order valence-electron chi connectivity index (χ2n) is 4.78. The SMILES string of the molecule is CC(=O)OC1=C(NC(=O)O)OC(C)(c2ccc(Cl)c(Cl)c2)C1=O. The summed E-state index contributed by atoms with van der Waals surface area (Å²) in [5.41, 5.74) is -1.29. The van der Waals surface area contributed by atoms with Crippen LogP contribution in [0, 0.1) is 0 Å². The van der Waals surface area contributed by atoms with Gasteiger partial charge in [0.05, 0.1) is 10.0 Å². The number of ether oxygens (including phenoxy) is 2. The minimum absolute atomic E-state index is 0.190. The van der Waals surface area contributed by atoms with E-state index in [1.54, 1.807) is 0 Å². The maximum Gasteiger partial charge on any atom is 0.411 e. The Bertz CT molecular complexity index is 745. The lowest BCUT2D eigenvalue weighted by Gasteiger charge is -2.23. The zero-order chi connectivity index (χ0) is 17.4. The molecule has 9 heteroatoms. The molecular weight excluding hydrogens is 349 g/mol. The van der Waals surface area contributed by atoms with Gasteiger partial charge in [-0.15, -0.1) is 0 Å². The van der Waals surface area contributed by atoms with E-state index in [0.717, 1.165) is 6.92 Å². The van der Waals surface area contributed by atoms with Gasteiger partial charge < -0.3 is 14.6 Å².